The molecule has 2 aromatic rings. The molecular formula is C18H19FN2O4S. The lowest BCUT2D eigenvalue weighted by Gasteiger charge is -2.21. The van der Waals surface area contributed by atoms with Gasteiger partial charge >= 0.3 is 0 Å². The van der Waals surface area contributed by atoms with Crippen LogP contribution in [-0.4, -0.2) is 27.6 Å². The van der Waals surface area contributed by atoms with Crippen LogP contribution >= 0.6 is 0 Å². The van der Waals surface area contributed by atoms with Gasteiger partial charge in [0.1, 0.15) is 0 Å². The highest BCUT2D eigenvalue weighted by atomic mass is 32.2. The zero-order valence-electron chi connectivity index (χ0n) is 14.0. The van der Waals surface area contributed by atoms with Crippen LogP contribution in [0.25, 0.3) is 0 Å². The lowest BCUT2D eigenvalue weighted by atomic mass is 10.2. The van der Waals surface area contributed by atoms with E-state index in [0.717, 1.165) is 24.5 Å². The van der Waals surface area contributed by atoms with Crippen LogP contribution in [-0.2, 0) is 21.3 Å². The molecule has 0 bridgehead atoms. The van der Waals surface area contributed by atoms with Gasteiger partial charge in [0.05, 0.1) is 16.7 Å². The molecule has 6 nitrogen and oxygen atoms in total. The van der Waals surface area contributed by atoms with Crippen LogP contribution in [0.2, 0.25) is 0 Å². The number of nitro groups is 1. The summed E-state index contributed by atoms with van der Waals surface area (Å²) in [5.41, 5.74) is 1.38. The molecule has 0 aromatic heterocycles. The number of nitrogens with one attached hydrogen (secondary N) is 1. The molecule has 1 atom stereocenters. The summed E-state index contributed by atoms with van der Waals surface area (Å²) in [4.78, 5) is 10.0. The van der Waals surface area contributed by atoms with Crippen molar-refractivity contribution < 1.29 is 18.3 Å². The highest BCUT2D eigenvalue weighted by Gasteiger charge is 2.20. The lowest BCUT2D eigenvalue weighted by Crippen LogP contribution is -2.25. The Kier molecular flexibility index (Phi) is 5.95. The molecule has 138 valence electrons. The van der Waals surface area contributed by atoms with E-state index in [1.54, 1.807) is 6.07 Å². The molecule has 1 unspecified atom stereocenters. The first-order chi connectivity index (χ1) is 12.5. The number of non-ortho nitro benzene ring substituents is 1. The van der Waals surface area contributed by atoms with Gasteiger partial charge in [-0.25, -0.2) is 4.39 Å². The molecule has 0 radical (unpaired) electrons. The zero-order chi connectivity index (χ0) is 18.5. The molecule has 8 heteroatoms. The molecule has 1 aliphatic heterocycles. The number of hydrogen-bond donors (Lipinski definition) is 1. The molecule has 0 spiro atoms. The summed E-state index contributed by atoms with van der Waals surface area (Å²) < 4.78 is 31.8. The van der Waals surface area contributed by atoms with E-state index in [9.17, 15) is 18.7 Å². The first kappa shape index (κ1) is 18.5. The minimum absolute atomic E-state index is 0.146. The van der Waals surface area contributed by atoms with Crippen LogP contribution in [0.4, 0.5) is 21.5 Å². The molecule has 1 N–H and O–H groups in total. The van der Waals surface area contributed by atoms with Crippen molar-refractivity contribution in [1.82, 2.24) is 0 Å². The maximum absolute atomic E-state index is 14.0. The average Bonchev–Trinajstić information content (AvgIpc) is 2.64. The molecule has 0 amide bonds. The van der Waals surface area contributed by atoms with Gasteiger partial charge in [-0.1, -0.05) is 12.1 Å². The third kappa shape index (κ3) is 4.64. The van der Waals surface area contributed by atoms with Crippen molar-refractivity contribution in [3.8, 4) is 0 Å². The second-order valence-corrected chi connectivity index (χ2v) is 7.80. The van der Waals surface area contributed by atoms with Crippen LogP contribution in [0.3, 0.4) is 0 Å². The number of rotatable bonds is 6. The van der Waals surface area contributed by atoms with E-state index in [4.69, 9.17) is 4.74 Å². The van der Waals surface area contributed by atoms with Crippen molar-refractivity contribution in [2.75, 3.05) is 18.5 Å². The van der Waals surface area contributed by atoms with Crippen molar-refractivity contribution >= 4 is 27.9 Å². The molecular weight excluding hydrogens is 359 g/mol. The highest BCUT2D eigenvalue weighted by Crippen LogP contribution is 2.25. The van der Waals surface area contributed by atoms with Gasteiger partial charge in [0.25, 0.3) is 5.69 Å². The summed E-state index contributed by atoms with van der Waals surface area (Å²) in [6.45, 7) is 1.30. The van der Waals surface area contributed by atoms with E-state index < -0.39 is 21.5 Å². The van der Waals surface area contributed by atoms with E-state index >= 15 is 0 Å². The maximum atomic E-state index is 14.0. The van der Waals surface area contributed by atoms with E-state index in [0.29, 0.717) is 24.7 Å². The summed E-state index contributed by atoms with van der Waals surface area (Å²) in [6, 6.07) is 10.7. The monoisotopic (exact) mass is 378 g/mol. The lowest BCUT2D eigenvalue weighted by molar-refractivity contribution is -0.385. The molecule has 1 heterocycles. The number of ether oxygens (including phenoxy) is 1. The van der Waals surface area contributed by atoms with Crippen LogP contribution in [0, 0.1) is 15.9 Å². The Labute approximate surface area is 153 Å². The minimum Gasteiger partial charge on any atom is -0.381 e. The molecule has 3 rings (SSSR count). The van der Waals surface area contributed by atoms with Crippen LogP contribution < -0.4 is 5.32 Å². The SMILES string of the molecule is O=[N+]([O-])c1ccc(Nc2cccc(CS(=O)C3CCOCC3)c2)c(F)c1. The molecule has 0 aliphatic carbocycles. The third-order valence-electron chi connectivity index (χ3n) is 4.22. The quantitative estimate of drug-likeness (QED) is 0.609. The molecule has 1 saturated heterocycles. The van der Waals surface area contributed by atoms with E-state index in [1.165, 1.54) is 12.1 Å². The highest BCUT2D eigenvalue weighted by molar-refractivity contribution is 7.84. The van der Waals surface area contributed by atoms with Crippen molar-refractivity contribution in [3.63, 3.8) is 0 Å². The third-order valence-corrected chi connectivity index (χ3v) is 6.05. The van der Waals surface area contributed by atoms with E-state index in [-0.39, 0.29) is 16.6 Å². The second kappa shape index (κ2) is 8.37. The number of nitro benzene ring substituents is 1. The van der Waals surface area contributed by atoms with Gasteiger partial charge in [-0.05, 0) is 36.6 Å². The first-order valence-electron chi connectivity index (χ1n) is 8.28. The minimum atomic E-state index is -0.982. The maximum Gasteiger partial charge on any atom is 0.272 e. The number of anilines is 2. The number of halogens is 1. The Morgan fingerprint density at radius 2 is 2.00 bits per heavy atom. The summed E-state index contributed by atoms with van der Waals surface area (Å²) in [5, 5.41) is 13.7. The fourth-order valence-corrected chi connectivity index (χ4v) is 4.30. The van der Waals surface area contributed by atoms with Gasteiger partial charge in [0.2, 0.25) is 0 Å². The van der Waals surface area contributed by atoms with Gasteiger partial charge in [-0.3, -0.25) is 14.3 Å². The largest absolute Gasteiger partial charge is 0.381 e. The van der Waals surface area contributed by atoms with Crippen LogP contribution in [0.1, 0.15) is 18.4 Å². The first-order valence-corrected chi connectivity index (χ1v) is 9.66. The molecule has 1 aliphatic rings. The van der Waals surface area contributed by atoms with Gasteiger partial charge in [0.15, 0.2) is 5.82 Å². The average molecular weight is 378 g/mol. The topological polar surface area (TPSA) is 81.5 Å². The number of hydrogen-bond acceptors (Lipinski definition) is 5. The summed E-state index contributed by atoms with van der Waals surface area (Å²) in [6.07, 6.45) is 1.61. The Balaban J connectivity index is 1.69. The van der Waals surface area contributed by atoms with E-state index in [2.05, 4.69) is 5.32 Å². The second-order valence-electron chi connectivity index (χ2n) is 6.08. The Morgan fingerprint density at radius 1 is 1.23 bits per heavy atom. The van der Waals surface area contributed by atoms with Gasteiger partial charge in [-0.15, -0.1) is 0 Å². The fraction of sp³-hybridized carbons (Fsp3) is 0.333. The molecule has 1 fully saturated rings. The predicted octanol–water partition coefficient (Wildman–Crippen LogP) is 3.91. The van der Waals surface area contributed by atoms with Crippen LogP contribution in [0.15, 0.2) is 42.5 Å². The number of benzene rings is 2. The molecule has 2 aromatic carbocycles. The predicted molar refractivity (Wildman–Crippen MR) is 98.5 cm³/mol. The van der Waals surface area contributed by atoms with Gasteiger partial charge < -0.3 is 10.1 Å². The van der Waals surface area contributed by atoms with Gasteiger partial charge in [0, 0.05) is 46.8 Å². The van der Waals surface area contributed by atoms with Gasteiger partial charge in [-0.2, -0.15) is 0 Å². The summed E-state index contributed by atoms with van der Waals surface area (Å²) in [7, 11) is -0.982. The Hall–Kier alpha value is -2.32. The zero-order valence-corrected chi connectivity index (χ0v) is 14.8. The summed E-state index contributed by atoms with van der Waals surface area (Å²) >= 11 is 0. The van der Waals surface area contributed by atoms with Crippen LogP contribution in [0.5, 0.6) is 0 Å². The number of nitrogens with zero attached hydrogens (tertiary/aromatic N) is 1. The molecule has 0 saturated carbocycles. The normalized spacial score (nSPS) is 16.2. The van der Waals surface area contributed by atoms with Crippen molar-refractivity contribution in [3.05, 3.63) is 64.0 Å². The summed E-state index contributed by atoms with van der Waals surface area (Å²) in [5.74, 6) is -0.265. The Morgan fingerprint density at radius 3 is 2.69 bits per heavy atom. The standard InChI is InChI=1S/C18H19FN2O4S/c19-17-11-15(21(22)23)4-5-18(17)20-14-3-1-2-13(10-14)12-26(24)16-6-8-25-9-7-16/h1-5,10-11,16,20H,6-9,12H2. The fourth-order valence-electron chi connectivity index (χ4n) is 2.83. The van der Waals surface area contributed by atoms with E-state index in [1.807, 2.05) is 18.2 Å². The van der Waals surface area contributed by atoms with Crippen molar-refractivity contribution in [2.45, 2.75) is 23.8 Å². The Bertz CT molecular complexity index is 825. The molecule has 26 heavy (non-hydrogen) atoms. The smallest absolute Gasteiger partial charge is 0.272 e. The van der Waals surface area contributed by atoms with Crippen molar-refractivity contribution in [2.24, 2.45) is 0 Å². The van der Waals surface area contributed by atoms with Crippen molar-refractivity contribution in [1.29, 1.82) is 0 Å².